The zero-order valence-electron chi connectivity index (χ0n) is 14.0. The van der Waals surface area contributed by atoms with Crippen LogP contribution in [-0.2, 0) is 11.0 Å². The minimum atomic E-state index is 0.0506. The van der Waals surface area contributed by atoms with Crippen molar-refractivity contribution in [2.24, 2.45) is 0 Å². The highest BCUT2D eigenvalue weighted by Crippen LogP contribution is 2.48. The van der Waals surface area contributed by atoms with Gasteiger partial charge in [0.15, 0.2) is 5.54 Å². The molecule has 0 bridgehead atoms. The molecule has 4 aromatic rings. The average Bonchev–Trinajstić information content (AvgIpc) is 2.99. The van der Waals surface area contributed by atoms with E-state index in [0.29, 0.717) is 0 Å². The van der Waals surface area contributed by atoms with Crippen molar-refractivity contribution in [1.29, 1.82) is 0 Å². The zero-order valence-corrected chi connectivity index (χ0v) is 14.8. The Morgan fingerprint density at radius 3 is 2.30 bits per heavy atom. The molecule has 5 rings (SSSR count). The monoisotopic (exact) mass is 318 g/mol. The van der Waals surface area contributed by atoms with Gasteiger partial charge in [-0.1, -0.05) is 53.8 Å². The molecule has 0 radical (unpaired) electrons. The summed E-state index contributed by atoms with van der Waals surface area (Å²) in [4.78, 5) is 0. The van der Waals surface area contributed by atoms with Gasteiger partial charge in [0.05, 0.1) is 10.8 Å². The van der Waals surface area contributed by atoms with Crippen LogP contribution in [0.2, 0.25) is 0 Å². The van der Waals surface area contributed by atoms with Gasteiger partial charge < -0.3 is 0 Å². The number of benzene rings is 3. The lowest BCUT2D eigenvalue weighted by molar-refractivity contribution is -0.741. The Balaban J connectivity index is 2.22. The number of thiazole rings is 1. The van der Waals surface area contributed by atoms with Crippen LogP contribution in [0.5, 0.6) is 0 Å². The largest absolute Gasteiger partial charge is 0.232 e. The van der Waals surface area contributed by atoms with Gasteiger partial charge in [-0.25, -0.2) is 0 Å². The fraction of sp³-hybridized carbons (Fsp3) is 0.286. The molecule has 0 aliphatic carbocycles. The van der Waals surface area contributed by atoms with Crippen LogP contribution in [0.3, 0.4) is 0 Å². The molecule has 0 atom stereocenters. The van der Waals surface area contributed by atoms with Crippen LogP contribution < -0.4 is 4.57 Å². The number of rotatable bonds is 0. The summed E-state index contributed by atoms with van der Waals surface area (Å²) in [6, 6.07) is 15.7. The maximum atomic E-state index is 2.52. The second-order valence-corrected chi connectivity index (χ2v) is 8.58. The Morgan fingerprint density at radius 1 is 0.826 bits per heavy atom. The molecule has 0 amide bonds. The smallest absolute Gasteiger partial charge is 0.182 e. The zero-order chi connectivity index (χ0) is 16.0. The second-order valence-electron chi connectivity index (χ2n) is 7.73. The van der Waals surface area contributed by atoms with Gasteiger partial charge in [0, 0.05) is 19.2 Å². The molecule has 0 spiro atoms. The van der Waals surface area contributed by atoms with E-state index in [4.69, 9.17) is 0 Å². The van der Waals surface area contributed by atoms with E-state index < -0.39 is 0 Å². The molecule has 1 aliphatic rings. The van der Waals surface area contributed by atoms with Crippen molar-refractivity contribution in [1.82, 2.24) is 0 Å². The van der Waals surface area contributed by atoms with Gasteiger partial charge in [-0.2, -0.15) is 4.57 Å². The van der Waals surface area contributed by atoms with Crippen LogP contribution in [0.1, 0.15) is 33.3 Å². The standard InChI is InChI=1S/C21H20NS/c1-20(2)16-11-7-10-14-13-8-5-6-9-15(13)19-18(17(14)16)22(12-23-19)21(20,3)4/h5-12H,1-4H3/q+1. The Bertz CT molecular complexity index is 1120. The van der Waals surface area contributed by atoms with Gasteiger partial charge in [-0.3, -0.25) is 0 Å². The number of aromatic nitrogens is 1. The SMILES string of the molecule is CC1(C)c2cccc3c4ccccc4c4sc[n+](c4c23)C1(C)C. The first-order chi connectivity index (χ1) is 10.9. The van der Waals surface area contributed by atoms with E-state index in [1.54, 1.807) is 0 Å². The number of hydrogen-bond donors (Lipinski definition) is 0. The van der Waals surface area contributed by atoms with Crippen molar-refractivity contribution in [3.05, 3.63) is 53.5 Å². The molecule has 3 aromatic carbocycles. The number of hydrogen-bond acceptors (Lipinski definition) is 1. The van der Waals surface area contributed by atoms with Crippen molar-refractivity contribution in [2.75, 3.05) is 0 Å². The van der Waals surface area contributed by atoms with Gasteiger partial charge in [0.25, 0.3) is 0 Å². The highest BCUT2D eigenvalue weighted by Gasteiger charge is 2.52. The first kappa shape index (κ1) is 13.5. The molecule has 2 heterocycles. The molecule has 0 N–H and O–H groups in total. The van der Waals surface area contributed by atoms with E-state index in [9.17, 15) is 0 Å². The lowest BCUT2D eigenvalue weighted by Crippen LogP contribution is -2.63. The summed E-state index contributed by atoms with van der Waals surface area (Å²) in [6.07, 6.45) is 0. The van der Waals surface area contributed by atoms with Gasteiger partial charge >= 0.3 is 0 Å². The minimum Gasteiger partial charge on any atom is -0.182 e. The molecular weight excluding hydrogens is 298 g/mol. The predicted molar refractivity (Wildman–Crippen MR) is 99.4 cm³/mol. The van der Waals surface area contributed by atoms with Crippen LogP contribution in [0, 0.1) is 0 Å². The molecule has 114 valence electrons. The molecule has 2 heteroatoms. The average molecular weight is 318 g/mol. The summed E-state index contributed by atoms with van der Waals surface area (Å²) >= 11 is 1.88. The molecule has 1 aliphatic heterocycles. The summed E-state index contributed by atoms with van der Waals surface area (Å²) in [5.74, 6) is 0. The highest BCUT2D eigenvalue weighted by molar-refractivity contribution is 7.17. The van der Waals surface area contributed by atoms with Crippen LogP contribution in [-0.4, -0.2) is 0 Å². The van der Waals surface area contributed by atoms with Gasteiger partial charge in [-0.05, 0) is 30.2 Å². The molecule has 0 unspecified atom stereocenters. The van der Waals surface area contributed by atoms with E-state index in [1.165, 1.54) is 37.3 Å². The Morgan fingerprint density at radius 2 is 1.52 bits per heavy atom. The summed E-state index contributed by atoms with van der Waals surface area (Å²) in [7, 11) is 0. The third kappa shape index (κ3) is 1.37. The van der Waals surface area contributed by atoms with Crippen molar-refractivity contribution < 1.29 is 4.57 Å². The van der Waals surface area contributed by atoms with Crippen LogP contribution in [0.4, 0.5) is 0 Å². The fourth-order valence-corrected chi connectivity index (χ4v) is 5.46. The Labute approximate surface area is 140 Å². The third-order valence-electron chi connectivity index (χ3n) is 6.30. The fourth-order valence-electron chi connectivity index (χ4n) is 4.26. The molecule has 23 heavy (non-hydrogen) atoms. The highest BCUT2D eigenvalue weighted by atomic mass is 32.1. The van der Waals surface area contributed by atoms with E-state index >= 15 is 0 Å². The predicted octanol–water partition coefficient (Wildman–Crippen LogP) is 5.52. The van der Waals surface area contributed by atoms with Crippen molar-refractivity contribution in [3.63, 3.8) is 0 Å². The van der Waals surface area contributed by atoms with Gasteiger partial charge in [0.1, 0.15) is 4.70 Å². The van der Waals surface area contributed by atoms with E-state index in [1.807, 2.05) is 11.3 Å². The molecule has 1 aromatic heterocycles. The van der Waals surface area contributed by atoms with Gasteiger partial charge in [-0.15, -0.1) is 0 Å². The Hall–Kier alpha value is -1.93. The molecule has 0 saturated carbocycles. The van der Waals surface area contributed by atoms with Crippen molar-refractivity contribution in [3.8, 4) is 0 Å². The lowest BCUT2D eigenvalue weighted by atomic mass is 9.66. The topological polar surface area (TPSA) is 3.88 Å². The summed E-state index contributed by atoms with van der Waals surface area (Å²) in [6.45, 7) is 9.51. The summed E-state index contributed by atoms with van der Waals surface area (Å²) < 4.78 is 3.94. The van der Waals surface area contributed by atoms with E-state index in [-0.39, 0.29) is 11.0 Å². The Kier molecular flexibility index (Phi) is 2.31. The normalized spacial score (nSPS) is 18.3. The molecule has 1 nitrogen and oxygen atoms in total. The lowest BCUT2D eigenvalue weighted by Gasteiger charge is -2.40. The minimum absolute atomic E-state index is 0.0506. The maximum Gasteiger partial charge on any atom is 0.232 e. The first-order valence-corrected chi connectivity index (χ1v) is 9.10. The second kappa shape index (κ2) is 3.93. The van der Waals surface area contributed by atoms with Crippen LogP contribution in [0.25, 0.3) is 31.8 Å². The summed E-state index contributed by atoms with van der Waals surface area (Å²) in [5.41, 5.74) is 5.36. The third-order valence-corrected chi connectivity index (χ3v) is 7.27. The van der Waals surface area contributed by atoms with Crippen LogP contribution in [0.15, 0.2) is 48.0 Å². The number of nitrogens with zero attached hydrogens (tertiary/aromatic N) is 1. The molecule has 0 saturated heterocycles. The van der Waals surface area contributed by atoms with E-state index in [2.05, 4.69) is 80.2 Å². The first-order valence-electron chi connectivity index (χ1n) is 8.22. The quantitative estimate of drug-likeness (QED) is 0.297. The number of fused-ring (bicyclic) bond motifs is 3. The van der Waals surface area contributed by atoms with Crippen molar-refractivity contribution >= 4 is 43.1 Å². The van der Waals surface area contributed by atoms with Crippen LogP contribution >= 0.6 is 11.3 Å². The van der Waals surface area contributed by atoms with Crippen molar-refractivity contribution in [2.45, 2.75) is 38.6 Å². The van der Waals surface area contributed by atoms with Gasteiger partial charge in [0.2, 0.25) is 11.0 Å². The molecule has 0 fully saturated rings. The molecular formula is C21H20NS+. The maximum absolute atomic E-state index is 2.52. The van der Waals surface area contributed by atoms with E-state index in [0.717, 1.165) is 0 Å². The summed E-state index contributed by atoms with van der Waals surface area (Å²) in [5, 5.41) is 5.60.